The summed E-state index contributed by atoms with van der Waals surface area (Å²) >= 11 is 1.72. The zero-order valence-corrected chi connectivity index (χ0v) is 10.9. The molecular weight excluding hydrogens is 252 g/mol. The van der Waals surface area contributed by atoms with Crippen LogP contribution in [0.1, 0.15) is 16.8 Å². The molecule has 0 aliphatic rings. The van der Waals surface area contributed by atoms with E-state index in [9.17, 15) is 4.79 Å². The first-order valence-corrected chi connectivity index (χ1v) is 6.78. The van der Waals surface area contributed by atoms with Crippen LogP contribution in [-0.4, -0.2) is 40.7 Å². The topological polar surface area (TPSA) is 114 Å². The van der Waals surface area contributed by atoms with Crippen molar-refractivity contribution in [1.29, 1.82) is 0 Å². The average molecular weight is 270 g/mol. The van der Waals surface area contributed by atoms with E-state index in [1.165, 1.54) is 12.3 Å². The fraction of sp³-hybridized carbons (Fsp3) is 0.455. The van der Waals surface area contributed by atoms with E-state index >= 15 is 0 Å². The Balaban J connectivity index is 2.44. The summed E-state index contributed by atoms with van der Waals surface area (Å²) in [5.74, 6) is 1.69. The van der Waals surface area contributed by atoms with Crippen LogP contribution in [0, 0.1) is 0 Å². The quantitative estimate of drug-likeness (QED) is 0.505. The van der Waals surface area contributed by atoms with Gasteiger partial charge in [-0.05, 0) is 18.2 Å². The van der Waals surface area contributed by atoms with Crippen LogP contribution in [0.25, 0.3) is 0 Å². The van der Waals surface area contributed by atoms with E-state index < -0.39 is 5.91 Å². The highest BCUT2D eigenvalue weighted by molar-refractivity contribution is 7.99. The predicted octanol–water partition coefficient (Wildman–Crippen LogP) is 0.290. The molecule has 0 bridgehead atoms. The monoisotopic (exact) mass is 270 g/mol. The van der Waals surface area contributed by atoms with Crippen molar-refractivity contribution in [2.24, 2.45) is 5.73 Å². The second kappa shape index (κ2) is 7.78. The molecule has 6 nitrogen and oxygen atoms in total. The van der Waals surface area contributed by atoms with Crippen molar-refractivity contribution < 1.29 is 9.90 Å². The number of pyridine rings is 1. The number of primary amides is 1. The van der Waals surface area contributed by atoms with E-state index in [0.29, 0.717) is 23.6 Å². The Kier molecular flexibility index (Phi) is 6.31. The van der Waals surface area contributed by atoms with E-state index in [1.807, 2.05) is 0 Å². The first kappa shape index (κ1) is 14.6. The number of nitrogens with zero attached hydrogens (tertiary/aromatic N) is 1. The number of aliphatic hydroxyl groups is 1. The van der Waals surface area contributed by atoms with Crippen LogP contribution in [0.5, 0.6) is 0 Å². The van der Waals surface area contributed by atoms with E-state index in [1.54, 1.807) is 11.8 Å². The van der Waals surface area contributed by atoms with Gasteiger partial charge in [-0.3, -0.25) is 4.79 Å². The van der Waals surface area contributed by atoms with Gasteiger partial charge in [-0.15, -0.1) is 0 Å². The van der Waals surface area contributed by atoms with Crippen molar-refractivity contribution in [3.05, 3.63) is 17.8 Å². The standard InChI is InChI=1S/C11H18N4O2S/c12-8-6-9(10(13)17)11(15-7-8)14-2-5-18-4-1-3-16/h6-7,16H,1-5,12H2,(H2,13,17)(H,14,15). The molecule has 1 amide bonds. The summed E-state index contributed by atoms with van der Waals surface area (Å²) in [4.78, 5) is 15.2. The Morgan fingerprint density at radius 3 is 2.94 bits per heavy atom. The highest BCUT2D eigenvalue weighted by atomic mass is 32.2. The molecular formula is C11H18N4O2S. The maximum Gasteiger partial charge on any atom is 0.252 e. The normalized spacial score (nSPS) is 10.3. The van der Waals surface area contributed by atoms with Gasteiger partial charge in [0.2, 0.25) is 0 Å². The molecule has 0 aliphatic heterocycles. The lowest BCUT2D eigenvalue weighted by Gasteiger charge is -2.09. The van der Waals surface area contributed by atoms with E-state index in [2.05, 4.69) is 10.3 Å². The molecule has 0 unspecified atom stereocenters. The summed E-state index contributed by atoms with van der Waals surface area (Å²) in [5.41, 5.74) is 11.5. The van der Waals surface area contributed by atoms with Crippen molar-refractivity contribution in [3.8, 4) is 0 Å². The van der Waals surface area contributed by atoms with Crippen LogP contribution in [0.4, 0.5) is 11.5 Å². The van der Waals surface area contributed by atoms with Crippen LogP contribution in [0.15, 0.2) is 12.3 Å². The van der Waals surface area contributed by atoms with Gasteiger partial charge < -0.3 is 21.9 Å². The second-order valence-electron chi connectivity index (χ2n) is 3.65. The molecule has 100 valence electrons. The largest absolute Gasteiger partial charge is 0.397 e. The van der Waals surface area contributed by atoms with Crippen LogP contribution in [0.3, 0.4) is 0 Å². The molecule has 0 saturated carbocycles. The molecule has 0 aromatic carbocycles. The maximum atomic E-state index is 11.2. The number of rotatable bonds is 8. The fourth-order valence-corrected chi connectivity index (χ4v) is 2.10. The number of carbonyl (C=O) groups is 1. The summed E-state index contributed by atoms with van der Waals surface area (Å²) in [6, 6.07) is 1.51. The smallest absolute Gasteiger partial charge is 0.252 e. The van der Waals surface area contributed by atoms with Gasteiger partial charge >= 0.3 is 0 Å². The number of amides is 1. The Labute approximate surface area is 110 Å². The van der Waals surface area contributed by atoms with E-state index in [-0.39, 0.29) is 6.61 Å². The summed E-state index contributed by atoms with van der Waals surface area (Å²) < 4.78 is 0. The first-order valence-electron chi connectivity index (χ1n) is 5.63. The predicted molar refractivity (Wildman–Crippen MR) is 74.7 cm³/mol. The van der Waals surface area contributed by atoms with E-state index in [0.717, 1.165) is 17.9 Å². The van der Waals surface area contributed by atoms with Crippen LogP contribution >= 0.6 is 11.8 Å². The van der Waals surface area contributed by atoms with Gasteiger partial charge in [0.25, 0.3) is 5.91 Å². The number of hydrogen-bond acceptors (Lipinski definition) is 6. The second-order valence-corrected chi connectivity index (χ2v) is 4.87. The van der Waals surface area contributed by atoms with Gasteiger partial charge in [0.1, 0.15) is 5.82 Å². The molecule has 0 aliphatic carbocycles. The Morgan fingerprint density at radius 2 is 2.28 bits per heavy atom. The molecule has 1 heterocycles. The number of aliphatic hydroxyl groups excluding tert-OH is 1. The van der Waals surface area contributed by atoms with Gasteiger partial charge in [0, 0.05) is 18.9 Å². The number of hydrogen-bond donors (Lipinski definition) is 4. The lowest BCUT2D eigenvalue weighted by atomic mass is 10.2. The van der Waals surface area contributed by atoms with Crippen molar-refractivity contribution in [2.75, 3.05) is 35.7 Å². The maximum absolute atomic E-state index is 11.2. The molecule has 18 heavy (non-hydrogen) atoms. The van der Waals surface area contributed by atoms with Gasteiger partial charge in [-0.25, -0.2) is 4.98 Å². The van der Waals surface area contributed by atoms with Gasteiger partial charge in [-0.1, -0.05) is 0 Å². The fourth-order valence-electron chi connectivity index (χ4n) is 1.32. The minimum absolute atomic E-state index is 0.214. The lowest BCUT2D eigenvalue weighted by molar-refractivity contribution is 0.100. The van der Waals surface area contributed by atoms with Gasteiger partial charge in [-0.2, -0.15) is 11.8 Å². The number of anilines is 2. The zero-order chi connectivity index (χ0) is 13.4. The summed E-state index contributed by atoms with van der Waals surface area (Å²) in [5, 5.41) is 11.7. The number of thioether (sulfide) groups is 1. The molecule has 6 N–H and O–H groups in total. The Bertz CT molecular complexity index is 401. The zero-order valence-electron chi connectivity index (χ0n) is 10.1. The highest BCUT2D eigenvalue weighted by Gasteiger charge is 2.09. The number of nitrogens with two attached hydrogens (primary N) is 2. The lowest BCUT2D eigenvalue weighted by Crippen LogP contribution is -2.17. The van der Waals surface area contributed by atoms with Crippen molar-refractivity contribution in [3.63, 3.8) is 0 Å². The van der Waals surface area contributed by atoms with E-state index in [4.69, 9.17) is 16.6 Å². The Hall–Kier alpha value is -1.47. The summed E-state index contributed by atoms with van der Waals surface area (Å²) in [6.07, 6.45) is 2.27. The Morgan fingerprint density at radius 1 is 1.50 bits per heavy atom. The average Bonchev–Trinajstić information content (AvgIpc) is 2.35. The SMILES string of the molecule is NC(=O)c1cc(N)cnc1NCCSCCCO. The molecule has 0 spiro atoms. The number of aromatic nitrogens is 1. The third-order valence-corrected chi connectivity index (χ3v) is 3.23. The number of carbonyl (C=O) groups excluding carboxylic acids is 1. The number of nitrogens with one attached hydrogen (secondary N) is 1. The molecule has 1 rings (SSSR count). The third-order valence-electron chi connectivity index (χ3n) is 2.16. The number of nitrogen functional groups attached to an aromatic ring is 1. The highest BCUT2D eigenvalue weighted by Crippen LogP contribution is 2.15. The van der Waals surface area contributed by atoms with Crippen LogP contribution in [0.2, 0.25) is 0 Å². The summed E-state index contributed by atoms with van der Waals surface area (Å²) in [6.45, 7) is 0.888. The molecule has 7 heteroatoms. The van der Waals surface area contributed by atoms with Gasteiger partial charge in [0.15, 0.2) is 0 Å². The molecule has 0 saturated heterocycles. The molecule has 1 aromatic heterocycles. The minimum Gasteiger partial charge on any atom is -0.397 e. The first-order chi connectivity index (χ1) is 8.65. The van der Waals surface area contributed by atoms with Crippen molar-refractivity contribution >= 4 is 29.2 Å². The van der Waals surface area contributed by atoms with Crippen molar-refractivity contribution in [2.45, 2.75) is 6.42 Å². The minimum atomic E-state index is -0.551. The molecule has 0 fully saturated rings. The van der Waals surface area contributed by atoms with Crippen molar-refractivity contribution in [1.82, 2.24) is 4.98 Å². The third kappa shape index (κ3) is 4.80. The van der Waals surface area contributed by atoms with Crippen LogP contribution < -0.4 is 16.8 Å². The van der Waals surface area contributed by atoms with Crippen LogP contribution in [-0.2, 0) is 0 Å². The summed E-state index contributed by atoms with van der Waals surface area (Å²) in [7, 11) is 0. The molecule has 0 radical (unpaired) electrons. The van der Waals surface area contributed by atoms with Gasteiger partial charge in [0.05, 0.1) is 17.4 Å². The molecule has 1 aromatic rings. The molecule has 0 atom stereocenters.